The second-order valence-electron chi connectivity index (χ2n) is 6.12. The Morgan fingerprint density at radius 1 is 1.12 bits per heavy atom. The number of aromatic nitrogens is 2. The Bertz CT molecular complexity index is 970. The minimum Gasteiger partial charge on any atom is -0.328 e. The summed E-state index contributed by atoms with van der Waals surface area (Å²) in [5.41, 5.74) is 4.97. The molecular formula is C19H17N3O2S. The molecule has 0 bridgehead atoms. The number of thiazole rings is 1. The first-order chi connectivity index (χ1) is 12.2. The summed E-state index contributed by atoms with van der Waals surface area (Å²) in [6.07, 6.45) is 6.20. The highest BCUT2D eigenvalue weighted by atomic mass is 32.1. The Labute approximate surface area is 148 Å². The minimum atomic E-state index is -0.289. The van der Waals surface area contributed by atoms with E-state index < -0.39 is 0 Å². The Morgan fingerprint density at radius 2 is 1.96 bits per heavy atom. The predicted molar refractivity (Wildman–Crippen MR) is 99.2 cm³/mol. The van der Waals surface area contributed by atoms with Crippen molar-refractivity contribution in [2.45, 2.75) is 25.7 Å². The summed E-state index contributed by atoms with van der Waals surface area (Å²) in [5.74, 6) is -0.289. The first-order valence-corrected chi connectivity index (χ1v) is 9.15. The van der Waals surface area contributed by atoms with Gasteiger partial charge >= 0.3 is 0 Å². The van der Waals surface area contributed by atoms with Gasteiger partial charge in [-0.2, -0.15) is 0 Å². The van der Waals surface area contributed by atoms with E-state index in [1.165, 1.54) is 53.6 Å². The molecular weight excluding hydrogens is 334 g/mol. The standard InChI is InChI=1S/C19H17N3O2S/c23-17-8-7-15(10-20-17)18(24)22-19-21-16(11-25-19)14-6-5-12-3-1-2-4-13(12)9-14/h5-11H,1-4H2,(H,20,23)(H,21,22,24). The molecule has 1 amide bonds. The van der Waals surface area contributed by atoms with Gasteiger partial charge in [-0.25, -0.2) is 4.98 Å². The summed E-state index contributed by atoms with van der Waals surface area (Å²) in [5, 5.41) is 5.27. The van der Waals surface area contributed by atoms with Crippen LogP contribution in [-0.4, -0.2) is 15.9 Å². The summed E-state index contributed by atoms with van der Waals surface area (Å²) in [6, 6.07) is 9.34. The largest absolute Gasteiger partial charge is 0.328 e. The van der Waals surface area contributed by atoms with Crippen LogP contribution < -0.4 is 10.9 Å². The smallest absolute Gasteiger partial charge is 0.258 e. The fourth-order valence-corrected chi connectivity index (χ4v) is 3.79. The number of anilines is 1. The lowest BCUT2D eigenvalue weighted by atomic mass is 9.90. The average molecular weight is 351 g/mol. The van der Waals surface area contributed by atoms with Gasteiger partial charge in [0.1, 0.15) is 0 Å². The second-order valence-corrected chi connectivity index (χ2v) is 6.98. The quantitative estimate of drug-likeness (QED) is 0.757. The van der Waals surface area contributed by atoms with Gasteiger partial charge in [0.05, 0.1) is 11.3 Å². The molecule has 0 fully saturated rings. The summed E-state index contributed by atoms with van der Waals surface area (Å²) in [6.45, 7) is 0. The van der Waals surface area contributed by atoms with Crippen LogP contribution in [0.1, 0.15) is 34.3 Å². The maximum absolute atomic E-state index is 12.2. The van der Waals surface area contributed by atoms with E-state index in [-0.39, 0.29) is 11.5 Å². The SMILES string of the molecule is O=C(Nc1nc(-c2ccc3c(c2)CCCC3)cs1)c1ccc(=O)[nH]c1. The van der Waals surface area contributed by atoms with E-state index in [2.05, 4.69) is 33.5 Å². The van der Waals surface area contributed by atoms with Gasteiger partial charge in [-0.05, 0) is 48.9 Å². The normalized spacial score (nSPS) is 13.3. The Hall–Kier alpha value is -2.73. The molecule has 0 saturated heterocycles. The van der Waals surface area contributed by atoms with Gasteiger partial charge in [0.25, 0.3) is 5.91 Å². The zero-order valence-corrected chi connectivity index (χ0v) is 14.4. The first-order valence-electron chi connectivity index (χ1n) is 8.27. The van der Waals surface area contributed by atoms with Gasteiger partial charge in [-0.1, -0.05) is 12.1 Å². The van der Waals surface area contributed by atoms with Crippen molar-refractivity contribution in [3.8, 4) is 11.3 Å². The van der Waals surface area contributed by atoms with E-state index in [0.717, 1.165) is 24.1 Å². The number of amides is 1. The van der Waals surface area contributed by atoms with Gasteiger partial charge < -0.3 is 4.98 Å². The van der Waals surface area contributed by atoms with Crippen molar-refractivity contribution in [3.05, 3.63) is 69.0 Å². The molecule has 0 saturated carbocycles. The maximum Gasteiger partial charge on any atom is 0.258 e. The number of carbonyl (C=O) groups excluding carboxylic acids is 1. The number of fused-ring (bicyclic) bond motifs is 1. The lowest BCUT2D eigenvalue weighted by Crippen LogP contribution is -2.14. The monoisotopic (exact) mass is 351 g/mol. The molecule has 6 heteroatoms. The zero-order chi connectivity index (χ0) is 17.2. The zero-order valence-electron chi connectivity index (χ0n) is 13.5. The predicted octanol–water partition coefficient (Wildman–Crippen LogP) is 3.63. The Morgan fingerprint density at radius 3 is 2.76 bits per heavy atom. The summed E-state index contributed by atoms with van der Waals surface area (Å²) >= 11 is 1.39. The fraction of sp³-hybridized carbons (Fsp3) is 0.211. The number of carbonyl (C=O) groups is 1. The van der Waals surface area contributed by atoms with Crippen LogP contribution >= 0.6 is 11.3 Å². The van der Waals surface area contributed by atoms with Gasteiger partial charge in [0.15, 0.2) is 5.13 Å². The number of nitrogens with one attached hydrogen (secondary N) is 2. The van der Waals surface area contributed by atoms with Crippen LogP contribution in [0.15, 0.2) is 46.7 Å². The van der Waals surface area contributed by atoms with E-state index in [4.69, 9.17) is 0 Å². The number of pyridine rings is 1. The van der Waals surface area contributed by atoms with Crippen molar-refractivity contribution in [2.24, 2.45) is 0 Å². The maximum atomic E-state index is 12.2. The number of aryl methyl sites for hydroxylation is 2. The van der Waals surface area contributed by atoms with E-state index in [0.29, 0.717) is 10.7 Å². The topological polar surface area (TPSA) is 74.8 Å². The highest BCUT2D eigenvalue weighted by Gasteiger charge is 2.13. The van der Waals surface area contributed by atoms with E-state index >= 15 is 0 Å². The van der Waals surface area contributed by atoms with Crippen molar-refractivity contribution in [1.82, 2.24) is 9.97 Å². The third-order valence-electron chi connectivity index (χ3n) is 4.42. The molecule has 25 heavy (non-hydrogen) atoms. The summed E-state index contributed by atoms with van der Waals surface area (Å²) < 4.78 is 0. The lowest BCUT2D eigenvalue weighted by molar-refractivity contribution is 0.102. The highest BCUT2D eigenvalue weighted by Crippen LogP contribution is 2.29. The molecule has 0 spiro atoms. The van der Waals surface area contributed by atoms with Gasteiger partial charge in [-0.3, -0.25) is 14.9 Å². The molecule has 5 nitrogen and oxygen atoms in total. The minimum absolute atomic E-state index is 0.236. The third-order valence-corrected chi connectivity index (χ3v) is 5.17. The van der Waals surface area contributed by atoms with Crippen LogP contribution in [-0.2, 0) is 12.8 Å². The molecule has 0 unspecified atom stereocenters. The number of hydrogen-bond acceptors (Lipinski definition) is 4. The molecule has 2 aromatic heterocycles. The van der Waals surface area contributed by atoms with Crippen LogP contribution in [0.25, 0.3) is 11.3 Å². The van der Waals surface area contributed by atoms with Crippen LogP contribution in [0.3, 0.4) is 0 Å². The van der Waals surface area contributed by atoms with Crippen LogP contribution in [0.5, 0.6) is 0 Å². The summed E-state index contributed by atoms with van der Waals surface area (Å²) in [4.78, 5) is 30.3. The third kappa shape index (κ3) is 3.39. The van der Waals surface area contributed by atoms with Crippen LogP contribution in [0.4, 0.5) is 5.13 Å². The second kappa shape index (κ2) is 6.64. The molecule has 0 atom stereocenters. The Balaban J connectivity index is 1.53. The van der Waals surface area contributed by atoms with Gasteiger partial charge in [0.2, 0.25) is 5.56 Å². The molecule has 2 N–H and O–H groups in total. The van der Waals surface area contributed by atoms with E-state index in [1.807, 2.05) is 5.38 Å². The van der Waals surface area contributed by atoms with Crippen LogP contribution in [0.2, 0.25) is 0 Å². The molecule has 4 rings (SSSR count). The van der Waals surface area contributed by atoms with Crippen LogP contribution in [0, 0.1) is 0 Å². The molecule has 2 heterocycles. The highest BCUT2D eigenvalue weighted by molar-refractivity contribution is 7.14. The average Bonchev–Trinajstić information content (AvgIpc) is 3.10. The van der Waals surface area contributed by atoms with E-state index in [1.54, 1.807) is 0 Å². The molecule has 126 valence electrons. The molecule has 1 aromatic carbocycles. The number of nitrogens with zero attached hydrogens (tertiary/aromatic N) is 1. The number of aromatic amines is 1. The van der Waals surface area contributed by atoms with Crippen molar-refractivity contribution in [1.29, 1.82) is 0 Å². The van der Waals surface area contributed by atoms with E-state index in [9.17, 15) is 9.59 Å². The number of hydrogen-bond donors (Lipinski definition) is 2. The number of benzene rings is 1. The summed E-state index contributed by atoms with van der Waals surface area (Å²) in [7, 11) is 0. The van der Waals surface area contributed by atoms with Gasteiger partial charge in [-0.15, -0.1) is 11.3 Å². The molecule has 0 aliphatic heterocycles. The fourth-order valence-electron chi connectivity index (χ4n) is 3.08. The molecule has 1 aliphatic carbocycles. The first kappa shape index (κ1) is 15.8. The molecule has 3 aromatic rings. The van der Waals surface area contributed by atoms with Gasteiger partial charge in [0, 0.05) is 23.2 Å². The lowest BCUT2D eigenvalue weighted by Gasteiger charge is -2.16. The molecule has 0 radical (unpaired) electrons. The Kier molecular flexibility index (Phi) is 4.19. The van der Waals surface area contributed by atoms with Crippen molar-refractivity contribution >= 4 is 22.4 Å². The van der Waals surface area contributed by atoms with Crippen molar-refractivity contribution in [2.75, 3.05) is 5.32 Å². The number of H-pyrrole nitrogens is 1. The molecule has 1 aliphatic rings. The number of rotatable bonds is 3. The van der Waals surface area contributed by atoms with Crippen molar-refractivity contribution < 1.29 is 4.79 Å². The van der Waals surface area contributed by atoms with Crippen molar-refractivity contribution in [3.63, 3.8) is 0 Å².